The van der Waals surface area contributed by atoms with Gasteiger partial charge in [0.15, 0.2) is 11.5 Å². The summed E-state index contributed by atoms with van der Waals surface area (Å²) in [6.45, 7) is 0.406. The van der Waals surface area contributed by atoms with Crippen LogP contribution in [0.4, 0.5) is 15.9 Å². The third kappa shape index (κ3) is 3.17. The quantitative estimate of drug-likeness (QED) is 0.543. The van der Waals surface area contributed by atoms with E-state index < -0.39 is 0 Å². The molecule has 0 fully saturated rings. The number of H-pyrrole nitrogens is 1. The standard InChI is InChI=1S/C20H15ClFN7/c21-13-4-1-2-7-16(13)29-9-12-14(22)5-3-6-15(12)28-17(29)8-23-19-18-20(25-10-24-18)27-11-26-19/h1-7,9-11,17H,8H2,(H2,23,24,25,26,27). The van der Waals surface area contributed by atoms with Gasteiger partial charge < -0.3 is 15.2 Å². The fraction of sp³-hybridized carbons (Fsp3) is 0.100. The van der Waals surface area contributed by atoms with Gasteiger partial charge in [-0.2, -0.15) is 0 Å². The predicted octanol–water partition coefficient (Wildman–Crippen LogP) is 2.46. The van der Waals surface area contributed by atoms with Crippen LogP contribution in [0.5, 0.6) is 0 Å². The molecule has 144 valence electrons. The maximum absolute atomic E-state index is 14.4. The maximum atomic E-state index is 14.4. The molecule has 0 aliphatic carbocycles. The van der Waals surface area contributed by atoms with E-state index >= 15 is 0 Å². The Balaban J connectivity index is 1.55. The van der Waals surface area contributed by atoms with Crippen molar-refractivity contribution in [1.29, 1.82) is 0 Å². The predicted molar refractivity (Wildman–Crippen MR) is 110 cm³/mol. The first kappa shape index (κ1) is 17.6. The lowest BCUT2D eigenvalue weighted by Gasteiger charge is -2.31. The Bertz CT molecular complexity index is 1320. The average molecular weight is 408 g/mol. The molecule has 0 spiro atoms. The van der Waals surface area contributed by atoms with Crippen molar-refractivity contribution >= 4 is 40.5 Å². The molecule has 5 rings (SSSR count). The topological polar surface area (TPSA) is 82.1 Å². The Morgan fingerprint density at radius 1 is 1.10 bits per heavy atom. The van der Waals surface area contributed by atoms with Gasteiger partial charge in [0.2, 0.25) is 0 Å². The molecular formula is C20H15ClFN7. The SMILES string of the molecule is Fc1cccc2c1=CN(c1ccccc1Cl)C(CNc1ncnc3nc[nH]c13)N=2. The summed E-state index contributed by atoms with van der Waals surface area (Å²) in [5, 5.41) is 4.87. The van der Waals surface area contributed by atoms with Gasteiger partial charge in [-0.25, -0.2) is 19.3 Å². The molecular weight excluding hydrogens is 393 g/mol. The normalized spacial score (nSPS) is 15.5. The van der Waals surface area contributed by atoms with Gasteiger partial charge in [0.1, 0.15) is 23.8 Å². The first-order valence-corrected chi connectivity index (χ1v) is 9.33. The number of hydrogen-bond acceptors (Lipinski definition) is 6. The summed E-state index contributed by atoms with van der Waals surface area (Å²) in [6, 6.07) is 12.3. The van der Waals surface area contributed by atoms with Crippen molar-refractivity contribution in [1.82, 2.24) is 19.9 Å². The van der Waals surface area contributed by atoms with Gasteiger partial charge in [-0.05, 0) is 24.3 Å². The van der Waals surface area contributed by atoms with Crippen molar-refractivity contribution in [3.05, 3.63) is 76.5 Å². The molecule has 1 unspecified atom stereocenters. The van der Waals surface area contributed by atoms with E-state index in [9.17, 15) is 4.39 Å². The highest BCUT2D eigenvalue weighted by atomic mass is 35.5. The van der Waals surface area contributed by atoms with E-state index in [4.69, 9.17) is 16.6 Å². The summed E-state index contributed by atoms with van der Waals surface area (Å²) in [5.41, 5.74) is 2.03. The highest BCUT2D eigenvalue weighted by Crippen LogP contribution is 2.28. The van der Waals surface area contributed by atoms with Crippen molar-refractivity contribution in [2.75, 3.05) is 16.8 Å². The molecule has 1 atom stereocenters. The van der Waals surface area contributed by atoms with Gasteiger partial charge in [0.05, 0.1) is 34.2 Å². The number of anilines is 2. The number of rotatable bonds is 4. The van der Waals surface area contributed by atoms with Gasteiger partial charge in [0.25, 0.3) is 0 Å². The monoisotopic (exact) mass is 407 g/mol. The molecule has 3 heterocycles. The number of imidazole rings is 1. The van der Waals surface area contributed by atoms with Crippen LogP contribution in [0.2, 0.25) is 5.02 Å². The molecule has 1 aliphatic heterocycles. The Labute approximate surface area is 169 Å². The van der Waals surface area contributed by atoms with Crippen LogP contribution in [0.15, 0.2) is 60.1 Å². The van der Waals surface area contributed by atoms with Crippen molar-refractivity contribution < 1.29 is 4.39 Å². The van der Waals surface area contributed by atoms with E-state index in [0.29, 0.717) is 39.1 Å². The van der Waals surface area contributed by atoms with Crippen molar-refractivity contribution in [3.8, 4) is 0 Å². The smallest absolute Gasteiger partial charge is 0.182 e. The minimum absolute atomic E-state index is 0.329. The number of para-hydroxylation sites is 1. The fourth-order valence-corrected chi connectivity index (χ4v) is 3.57. The Hall–Kier alpha value is -3.52. The number of hydrogen-bond donors (Lipinski definition) is 2. The number of nitrogens with zero attached hydrogens (tertiary/aromatic N) is 5. The largest absolute Gasteiger partial charge is 0.364 e. The lowest BCUT2D eigenvalue weighted by atomic mass is 10.2. The highest BCUT2D eigenvalue weighted by Gasteiger charge is 2.22. The van der Waals surface area contributed by atoms with E-state index in [1.807, 2.05) is 23.1 Å². The van der Waals surface area contributed by atoms with Gasteiger partial charge >= 0.3 is 0 Å². The van der Waals surface area contributed by atoms with Crippen LogP contribution in [0.3, 0.4) is 0 Å². The number of halogens is 2. The average Bonchev–Trinajstić information content (AvgIpc) is 3.22. The second kappa shape index (κ2) is 7.14. The summed E-state index contributed by atoms with van der Waals surface area (Å²) in [4.78, 5) is 22.2. The van der Waals surface area contributed by atoms with Crippen LogP contribution in [0, 0.1) is 5.82 Å². The van der Waals surface area contributed by atoms with Crippen molar-refractivity contribution in [2.45, 2.75) is 6.17 Å². The summed E-state index contributed by atoms with van der Waals surface area (Å²) in [7, 11) is 0. The minimum Gasteiger partial charge on any atom is -0.364 e. The number of benzene rings is 2. The number of aromatic nitrogens is 4. The van der Waals surface area contributed by atoms with Crippen molar-refractivity contribution in [2.24, 2.45) is 4.99 Å². The van der Waals surface area contributed by atoms with Crippen LogP contribution in [-0.2, 0) is 0 Å². The van der Waals surface area contributed by atoms with E-state index in [-0.39, 0.29) is 12.0 Å². The summed E-state index contributed by atoms with van der Waals surface area (Å²) < 4.78 is 14.4. The lowest BCUT2D eigenvalue weighted by molar-refractivity contribution is 0.606. The second-order valence-corrected chi connectivity index (χ2v) is 6.88. The fourth-order valence-electron chi connectivity index (χ4n) is 3.34. The molecule has 2 N–H and O–H groups in total. The first-order chi connectivity index (χ1) is 14.2. The van der Waals surface area contributed by atoms with Crippen LogP contribution in [0.25, 0.3) is 17.4 Å². The molecule has 2 aromatic carbocycles. The minimum atomic E-state index is -0.364. The molecule has 0 saturated carbocycles. The van der Waals surface area contributed by atoms with E-state index in [2.05, 4.69) is 25.3 Å². The number of nitrogens with one attached hydrogen (secondary N) is 2. The number of fused-ring (bicyclic) bond motifs is 2. The molecule has 4 aromatic rings. The Kier molecular flexibility index (Phi) is 4.33. The molecule has 29 heavy (non-hydrogen) atoms. The molecule has 7 nitrogen and oxygen atoms in total. The van der Waals surface area contributed by atoms with E-state index in [0.717, 1.165) is 5.69 Å². The highest BCUT2D eigenvalue weighted by molar-refractivity contribution is 6.33. The molecule has 0 saturated heterocycles. The lowest BCUT2D eigenvalue weighted by Crippen LogP contribution is -2.46. The van der Waals surface area contributed by atoms with Crippen LogP contribution in [0.1, 0.15) is 0 Å². The van der Waals surface area contributed by atoms with Crippen LogP contribution in [-0.4, -0.2) is 32.6 Å². The van der Waals surface area contributed by atoms with Gasteiger partial charge in [0, 0.05) is 6.20 Å². The van der Waals surface area contributed by atoms with E-state index in [1.165, 1.54) is 12.4 Å². The summed E-state index contributed by atoms with van der Waals surface area (Å²) in [5.74, 6) is 0.288. The Morgan fingerprint density at radius 3 is 2.90 bits per heavy atom. The Morgan fingerprint density at radius 2 is 2.00 bits per heavy atom. The van der Waals surface area contributed by atoms with Gasteiger partial charge in [-0.15, -0.1) is 0 Å². The van der Waals surface area contributed by atoms with Gasteiger partial charge in [-0.1, -0.05) is 29.8 Å². The van der Waals surface area contributed by atoms with Gasteiger partial charge in [-0.3, -0.25) is 4.99 Å². The van der Waals surface area contributed by atoms with Crippen LogP contribution < -0.4 is 20.8 Å². The molecule has 0 radical (unpaired) electrons. The summed E-state index contributed by atoms with van der Waals surface area (Å²) >= 11 is 6.42. The molecule has 2 aromatic heterocycles. The molecule has 0 amide bonds. The first-order valence-electron chi connectivity index (χ1n) is 8.96. The second-order valence-electron chi connectivity index (χ2n) is 6.47. The zero-order valence-electron chi connectivity index (χ0n) is 15.0. The number of aromatic amines is 1. The zero-order valence-corrected chi connectivity index (χ0v) is 15.8. The maximum Gasteiger partial charge on any atom is 0.182 e. The third-order valence-corrected chi connectivity index (χ3v) is 5.03. The van der Waals surface area contributed by atoms with E-state index in [1.54, 1.807) is 30.7 Å². The third-order valence-electron chi connectivity index (χ3n) is 4.71. The molecule has 0 bridgehead atoms. The molecule has 9 heteroatoms. The van der Waals surface area contributed by atoms with Crippen LogP contribution >= 0.6 is 11.6 Å². The molecule has 1 aliphatic rings. The van der Waals surface area contributed by atoms with Crippen molar-refractivity contribution in [3.63, 3.8) is 0 Å². The zero-order chi connectivity index (χ0) is 19.8. The summed E-state index contributed by atoms with van der Waals surface area (Å²) in [6.07, 6.45) is 4.40.